The van der Waals surface area contributed by atoms with Crippen molar-refractivity contribution >= 4 is 17.9 Å². The van der Waals surface area contributed by atoms with E-state index in [4.69, 9.17) is 18.9 Å². The van der Waals surface area contributed by atoms with Gasteiger partial charge < -0.3 is 18.9 Å². The van der Waals surface area contributed by atoms with Crippen LogP contribution in [0, 0.1) is 0 Å². The van der Waals surface area contributed by atoms with Crippen LogP contribution in [0.3, 0.4) is 0 Å². The smallest absolute Gasteiger partial charge is 0.352 e. The molecule has 0 unspecified atom stereocenters. The number of aromatic nitrogens is 5. The maximum absolute atomic E-state index is 13.6. The zero-order valence-corrected chi connectivity index (χ0v) is 23.5. The maximum atomic E-state index is 13.6. The number of benzene rings is 3. The lowest BCUT2D eigenvalue weighted by Crippen LogP contribution is -2.56. The van der Waals surface area contributed by atoms with Crippen molar-refractivity contribution in [2.75, 3.05) is 13.2 Å². The van der Waals surface area contributed by atoms with Crippen LogP contribution < -0.4 is 5.69 Å². The zero-order chi connectivity index (χ0) is 31.2. The third-order valence-electron chi connectivity index (χ3n) is 7.06. The van der Waals surface area contributed by atoms with Gasteiger partial charge in [0.25, 0.3) is 0 Å². The van der Waals surface area contributed by atoms with E-state index >= 15 is 0 Å². The van der Waals surface area contributed by atoms with Crippen LogP contribution in [0.5, 0.6) is 0 Å². The number of rotatable bonds is 9. The second kappa shape index (κ2) is 12.7. The molecule has 226 valence electrons. The van der Waals surface area contributed by atoms with Crippen molar-refractivity contribution in [3.8, 4) is 5.82 Å². The first-order chi connectivity index (χ1) is 21.9. The monoisotopic (exact) mass is 607 g/mol. The number of ether oxygens (including phenoxy) is 4. The zero-order valence-electron chi connectivity index (χ0n) is 23.5. The summed E-state index contributed by atoms with van der Waals surface area (Å²) in [7, 11) is 0. The summed E-state index contributed by atoms with van der Waals surface area (Å²) in [6.07, 6.45) is 1.29. The predicted molar refractivity (Wildman–Crippen MR) is 155 cm³/mol. The second-order valence-electron chi connectivity index (χ2n) is 9.88. The molecule has 0 bridgehead atoms. The molecule has 6 rings (SSSR count). The van der Waals surface area contributed by atoms with Crippen LogP contribution in [0.1, 0.15) is 31.1 Å². The molecule has 13 nitrogen and oxygen atoms in total. The van der Waals surface area contributed by atoms with E-state index in [0.717, 1.165) is 4.57 Å². The van der Waals surface area contributed by atoms with Gasteiger partial charge in [0.2, 0.25) is 5.72 Å². The van der Waals surface area contributed by atoms with Gasteiger partial charge in [-0.15, -0.1) is 0 Å². The van der Waals surface area contributed by atoms with Crippen LogP contribution in [-0.4, -0.2) is 67.6 Å². The van der Waals surface area contributed by atoms with Crippen LogP contribution >= 0.6 is 0 Å². The van der Waals surface area contributed by atoms with Gasteiger partial charge in [-0.3, -0.25) is 4.57 Å². The van der Waals surface area contributed by atoms with Gasteiger partial charge in [0, 0.05) is 6.20 Å². The molecule has 13 heteroatoms. The third-order valence-corrected chi connectivity index (χ3v) is 7.06. The predicted octanol–water partition coefficient (Wildman–Crippen LogP) is 2.82. The highest BCUT2D eigenvalue weighted by Gasteiger charge is 2.58. The average Bonchev–Trinajstić information content (AvgIpc) is 3.74. The van der Waals surface area contributed by atoms with E-state index in [1.165, 1.54) is 29.6 Å². The Bertz CT molecular complexity index is 1850. The molecule has 0 spiro atoms. The largest absolute Gasteiger partial charge is 0.457 e. The van der Waals surface area contributed by atoms with Crippen LogP contribution in [-0.2, 0) is 24.7 Å². The maximum Gasteiger partial charge on any atom is 0.352 e. The number of carbonyl (C=O) groups excluding carboxylic acids is 3. The molecule has 0 N–H and O–H groups in total. The Morgan fingerprint density at radius 3 is 1.93 bits per heavy atom. The van der Waals surface area contributed by atoms with Gasteiger partial charge >= 0.3 is 23.6 Å². The highest BCUT2D eigenvalue weighted by molar-refractivity contribution is 5.91. The van der Waals surface area contributed by atoms with E-state index < -0.39 is 48.1 Å². The quantitative estimate of drug-likeness (QED) is 0.180. The van der Waals surface area contributed by atoms with Gasteiger partial charge in [-0.1, -0.05) is 54.6 Å². The fourth-order valence-electron chi connectivity index (χ4n) is 4.85. The van der Waals surface area contributed by atoms with Gasteiger partial charge in [-0.25, -0.2) is 28.8 Å². The Morgan fingerprint density at radius 1 is 0.800 bits per heavy atom. The van der Waals surface area contributed by atoms with E-state index in [1.54, 1.807) is 91.0 Å². The number of hydrogen-bond donors (Lipinski definition) is 0. The van der Waals surface area contributed by atoms with Gasteiger partial charge in [0.1, 0.15) is 19.3 Å². The molecule has 0 amide bonds. The fourth-order valence-corrected chi connectivity index (χ4v) is 4.85. The molecule has 2 aromatic heterocycles. The minimum atomic E-state index is -2.00. The Balaban J connectivity index is 1.42. The van der Waals surface area contributed by atoms with E-state index in [0.29, 0.717) is 0 Å². The van der Waals surface area contributed by atoms with Crippen molar-refractivity contribution in [2.45, 2.75) is 17.9 Å². The van der Waals surface area contributed by atoms with Crippen LogP contribution in [0.15, 0.2) is 121 Å². The second-order valence-corrected chi connectivity index (χ2v) is 9.88. The van der Waals surface area contributed by atoms with Gasteiger partial charge in [-0.2, -0.15) is 10.1 Å². The van der Waals surface area contributed by atoms with Gasteiger partial charge in [0.15, 0.2) is 18.0 Å². The topological polar surface area (TPSA) is 154 Å². The van der Waals surface area contributed by atoms with Gasteiger partial charge in [0.05, 0.1) is 23.3 Å². The summed E-state index contributed by atoms with van der Waals surface area (Å²) >= 11 is 0. The lowest BCUT2D eigenvalue weighted by atomic mass is 10.0. The van der Waals surface area contributed by atoms with Crippen molar-refractivity contribution < 1.29 is 33.3 Å². The first-order valence-corrected chi connectivity index (χ1v) is 13.8. The normalized spacial score (nSPS) is 19.0. The van der Waals surface area contributed by atoms with Gasteiger partial charge in [-0.05, 0) is 42.5 Å². The highest BCUT2D eigenvalue weighted by atomic mass is 16.7. The van der Waals surface area contributed by atoms with Crippen molar-refractivity contribution in [1.29, 1.82) is 0 Å². The Morgan fingerprint density at radius 2 is 1.38 bits per heavy atom. The van der Waals surface area contributed by atoms with E-state index in [-0.39, 0.29) is 29.1 Å². The molecule has 1 saturated heterocycles. The molecule has 1 fully saturated rings. The molecule has 1 aliphatic heterocycles. The van der Waals surface area contributed by atoms with E-state index in [1.807, 2.05) is 0 Å². The van der Waals surface area contributed by atoms with Crippen molar-refractivity contribution in [3.63, 3.8) is 0 Å². The number of esters is 3. The summed E-state index contributed by atoms with van der Waals surface area (Å²) < 4.78 is 25.9. The molecule has 3 aromatic carbocycles. The standard InChI is InChI=1S/C32H25N5O8/c38-28(22-10-4-1-5-11-22)42-19-32(36-17-16-26(35-31(36)41)37-21-33-20-34-37)27(45-30(40)24-14-8-3-9-15-24)25(18-43-32)44-29(39)23-12-6-2-7-13-23/h1-17,20-21,25,27H,18-19H2/t25-,27-,32-/m0/s1. The van der Waals surface area contributed by atoms with Crippen LogP contribution in [0.2, 0.25) is 0 Å². The summed E-state index contributed by atoms with van der Waals surface area (Å²) in [5.74, 6) is -2.08. The Labute approximate surface area is 255 Å². The molecule has 0 radical (unpaired) electrons. The summed E-state index contributed by atoms with van der Waals surface area (Å²) in [4.78, 5) is 61.2. The Kier molecular flexibility index (Phi) is 8.24. The molecule has 0 aliphatic carbocycles. The summed E-state index contributed by atoms with van der Waals surface area (Å²) in [5, 5.41) is 3.99. The molecule has 0 saturated carbocycles. The molecule has 3 atom stereocenters. The molecule has 5 aromatic rings. The fraction of sp³-hybridized carbons (Fsp3) is 0.156. The van der Waals surface area contributed by atoms with Crippen LogP contribution in [0.25, 0.3) is 5.82 Å². The van der Waals surface area contributed by atoms with Crippen molar-refractivity contribution in [1.82, 2.24) is 24.3 Å². The lowest BCUT2D eigenvalue weighted by Gasteiger charge is -2.35. The minimum absolute atomic E-state index is 0.146. The van der Waals surface area contributed by atoms with E-state index in [9.17, 15) is 19.2 Å². The van der Waals surface area contributed by atoms with Crippen molar-refractivity contribution in [3.05, 3.63) is 143 Å². The van der Waals surface area contributed by atoms with E-state index in [2.05, 4.69) is 15.1 Å². The minimum Gasteiger partial charge on any atom is -0.457 e. The highest BCUT2D eigenvalue weighted by Crippen LogP contribution is 2.36. The number of nitrogens with zero attached hydrogens (tertiary/aromatic N) is 5. The molecular formula is C32H25N5O8. The molecule has 45 heavy (non-hydrogen) atoms. The summed E-state index contributed by atoms with van der Waals surface area (Å²) in [6.45, 7) is -0.928. The Hall–Kier alpha value is -5.95. The van der Waals surface area contributed by atoms with Crippen molar-refractivity contribution in [2.24, 2.45) is 0 Å². The lowest BCUT2D eigenvalue weighted by molar-refractivity contribution is -0.158. The summed E-state index contributed by atoms with van der Waals surface area (Å²) in [5.41, 5.74) is -2.17. The average molecular weight is 608 g/mol. The SMILES string of the molecule is O=C(OC[C@]1(n2ccc(-n3cncn3)nc2=O)OC[C@H](OC(=O)c2ccccc2)[C@@H]1OC(=O)c1ccccc1)c1ccccc1. The number of carbonyl (C=O) groups is 3. The molecule has 3 heterocycles. The number of hydrogen-bond acceptors (Lipinski definition) is 11. The molecule has 1 aliphatic rings. The molecular weight excluding hydrogens is 582 g/mol. The van der Waals surface area contributed by atoms with Crippen LogP contribution in [0.4, 0.5) is 0 Å². The first kappa shape index (κ1) is 29.1. The summed E-state index contributed by atoms with van der Waals surface area (Å²) in [6, 6.07) is 26.0. The third kappa shape index (κ3) is 6.10. The first-order valence-electron chi connectivity index (χ1n) is 13.8.